The Morgan fingerprint density at radius 2 is 1.12 bits per heavy atom. The Kier molecular flexibility index (Phi) is 12.4. The highest BCUT2D eigenvalue weighted by atomic mass is 14.7. The van der Waals surface area contributed by atoms with Crippen molar-refractivity contribution in [2.24, 2.45) is 94.0 Å². The van der Waals surface area contributed by atoms with E-state index in [-0.39, 0.29) is 0 Å². The van der Waals surface area contributed by atoms with Crippen LogP contribution in [0.4, 0.5) is 0 Å². The molecule has 7 saturated carbocycles. The number of rotatable bonds is 10. The highest BCUT2D eigenvalue weighted by Gasteiger charge is 2.51. The predicted molar refractivity (Wildman–Crippen MR) is 207 cm³/mol. The van der Waals surface area contributed by atoms with Crippen molar-refractivity contribution in [3.8, 4) is 0 Å². The smallest absolute Gasteiger partial charge is 0.00670 e. The van der Waals surface area contributed by atoms with Crippen molar-refractivity contribution in [3.05, 3.63) is 0 Å². The van der Waals surface area contributed by atoms with E-state index in [4.69, 9.17) is 5.73 Å². The Labute approximate surface area is 300 Å². The van der Waals surface area contributed by atoms with Gasteiger partial charge in [-0.1, -0.05) is 85.5 Å². The quantitative estimate of drug-likeness (QED) is 0.248. The molecule has 7 aliphatic carbocycles. The lowest BCUT2D eigenvalue weighted by atomic mass is 9.55. The normalized spacial score (nSPS) is 44.9. The molecule has 0 saturated heterocycles. The summed E-state index contributed by atoms with van der Waals surface area (Å²) < 4.78 is 0. The zero-order valence-corrected chi connectivity index (χ0v) is 32.8. The molecule has 1 heteroatoms. The Hall–Kier alpha value is -0.0400. The Bertz CT molecular complexity index is 964. The number of nitrogens with two attached hydrogens (primary N) is 1. The first-order valence-electron chi connectivity index (χ1n) is 23.2. The molecule has 2 N–H and O–H groups in total. The van der Waals surface area contributed by atoms with Gasteiger partial charge in [-0.15, -0.1) is 0 Å². The molecule has 7 fully saturated rings. The average Bonchev–Trinajstić information content (AvgIpc) is 3.81. The second kappa shape index (κ2) is 16.3. The van der Waals surface area contributed by atoms with E-state index in [9.17, 15) is 0 Å². The van der Waals surface area contributed by atoms with E-state index in [2.05, 4.69) is 27.7 Å². The topological polar surface area (TPSA) is 26.0 Å². The minimum atomic E-state index is 0.474. The summed E-state index contributed by atoms with van der Waals surface area (Å²) in [6.07, 6.45) is 41.4. The zero-order chi connectivity index (χ0) is 33.3. The van der Waals surface area contributed by atoms with Gasteiger partial charge in [0.2, 0.25) is 0 Å². The molecule has 0 amide bonds. The molecular formula is C47H83N. The summed E-state index contributed by atoms with van der Waals surface area (Å²) in [6, 6.07) is 0.474. The molecule has 0 spiro atoms. The van der Waals surface area contributed by atoms with Crippen LogP contribution in [0.2, 0.25) is 0 Å². The fourth-order valence-electron chi connectivity index (χ4n) is 15.9. The molecule has 1 nitrogen and oxygen atoms in total. The van der Waals surface area contributed by atoms with Crippen LogP contribution in [0.1, 0.15) is 201 Å². The van der Waals surface area contributed by atoms with Crippen LogP contribution in [-0.2, 0) is 0 Å². The largest absolute Gasteiger partial charge is 0.327 e. The molecule has 0 heterocycles. The second-order valence-electron chi connectivity index (χ2n) is 20.7. The Balaban J connectivity index is 0.999. The first-order chi connectivity index (χ1) is 23.4. The van der Waals surface area contributed by atoms with Crippen LogP contribution in [0.3, 0.4) is 0 Å². The summed E-state index contributed by atoms with van der Waals surface area (Å²) in [5.41, 5.74) is 7.37. The van der Waals surface area contributed by atoms with E-state index in [0.29, 0.717) is 11.5 Å². The lowest BCUT2D eigenvalue weighted by Gasteiger charge is -2.50. The van der Waals surface area contributed by atoms with Crippen molar-refractivity contribution in [2.45, 2.75) is 207 Å². The molecule has 7 rings (SSSR count). The van der Waals surface area contributed by atoms with Crippen LogP contribution in [0.25, 0.3) is 0 Å². The maximum atomic E-state index is 6.66. The van der Waals surface area contributed by atoms with Crippen molar-refractivity contribution in [3.63, 3.8) is 0 Å². The van der Waals surface area contributed by atoms with Gasteiger partial charge in [0.05, 0.1) is 0 Å². The minimum Gasteiger partial charge on any atom is -0.327 e. The molecule has 7 aliphatic rings. The molecule has 11 atom stereocenters. The molecule has 276 valence electrons. The van der Waals surface area contributed by atoms with E-state index in [1.54, 1.807) is 96.3 Å². The molecule has 0 aromatic rings. The fraction of sp³-hybridized carbons (Fsp3) is 1.00. The third kappa shape index (κ3) is 7.55. The van der Waals surface area contributed by atoms with Crippen LogP contribution in [0.15, 0.2) is 0 Å². The molecule has 0 aromatic heterocycles. The molecule has 0 aromatic carbocycles. The number of hydrogen-bond donors (Lipinski definition) is 1. The lowest BCUT2D eigenvalue weighted by Crippen LogP contribution is -2.41. The van der Waals surface area contributed by atoms with Gasteiger partial charge < -0.3 is 5.73 Å². The molecular weight excluding hydrogens is 579 g/mol. The van der Waals surface area contributed by atoms with Gasteiger partial charge in [-0.05, 0) is 204 Å². The average molecular weight is 662 g/mol. The van der Waals surface area contributed by atoms with E-state index in [1.807, 2.05) is 0 Å². The van der Waals surface area contributed by atoms with E-state index in [1.165, 1.54) is 77.0 Å². The molecule has 0 bridgehead atoms. The van der Waals surface area contributed by atoms with Crippen LogP contribution < -0.4 is 5.73 Å². The van der Waals surface area contributed by atoms with Crippen LogP contribution >= 0.6 is 0 Å². The van der Waals surface area contributed by atoms with Crippen LogP contribution in [0.5, 0.6) is 0 Å². The van der Waals surface area contributed by atoms with E-state index in [0.717, 1.165) is 82.9 Å². The minimum absolute atomic E-state index is 0.474. The molecule has 48 heavy (non-hydrogen) atoms. The van der Waals surface area contributed by atoms with Gasteiger partial charge in [0, 0.05) is 6.04 Å². The van der Waals surface area contributed by atoms with Crippen LogP contribution in [0, 0.1) is 88.3 Å². The Morgan fingerprint density at radius 3 is 1.83 bits per heavy atom. The number of fused-ring (bicyclic) bond motifs is 1. The van der Waals surface area contributed by atoms with Crippen molar-refractivity contribution >= 4 is 0 Å². The number of hydrogen-bond acceptors (Lipinski definition) is 1. The first kappa shape index (κ1) is 36.3. The van der Waals surface area contributed by atoms with Gasteiger partial charge in [-0.25, -0.2) is 0 Å². The van der Waals surface area contributed by atoms with Gasteiger partial charge in [0.25, 0.3) is 0 Å². The van der Waals surface area contributed by atoms with Gasteiger partial charge in [0.15, 0.2) is 0 Å². The van der Waals surface area contributed by atoms with Crippen molar-refractivity contribution in [1.29, 1.82) is 0 Å². The standard InChI is InChI=1S/C47H83N/c1-5-12-46(48)37-18-15-34(16-19-37)39-22-24-43(45(30-39)36-13-8-7-9-14-36)44-31-41(27-33(44)6-2)38-20-17-35-21-23-42(29-40(35)28-38)47(32(3)4)25-10-11-26-47/h32-46H,5-31,48H2,1-4H3. The highest BCUT2D eigenvalue weighted by molar-refractivity contribution is 5.01. The van der Waals surface area contributed by atoms with Gasteiger partial charge >= 0.3 is 0 Å². The van der Waals surface area contributed by atoms with Crippen molar-refractivity contribution in [2.75, 3.05) is 0 Å². The van der Waals surface area contributed by atoms with Crippen molar-refractivity contribution < 1.29 is 0 Å². The van der Waals surface area contributed by atoms with Gasteiger partial charge in [-0.2, -0.15) is 0 Å². The van der Waals surface area contributed by atoms with Gasteiger partial charge in [0.1, 0.15) is 0 Å². The Morgan fingerprint density at radius 1 is 0.521 bits per heavy atom. The van der Waals surface area contributed by atoms with Crippen LogP contribution in [-0.4, -0.2) is 6.04 Å². The van der Waals surface area contributed by atoms with E-state index < -0.39 is 0 Å². The SMILES string of the molecule is CCCC(N)C1CCC(C2CCC(C3CC(C4CCC5CCC(C6(C(C)C)CCCC6)CC5C4)CC3CC)C(C3CCCCC3)C2)CC1. The lowest BCUT2D eigenvalue weighted by molar-refractivity contribution is -0.00199. The third-order valence-corrected chi connectivity index (χ3v) is 18.6. The maximum absolute atomic E-state index is 6.66. The summed E-state index contributed by atoms with van der Waals surface area (Å²) in [5, 5.41) is 0. The maximum Gasteiger partial charge on any atom is 0.00670 e. The monoisotopic (exact) mass is 662 g/mol. The summed E-state index contributed by atoms with van der Waals surface area (Å²) in [7, 11) is 0. The predicted octanol–water partition coefficient (Wildman–Crippen LogP) is 13.6. The van der Waals surface area contributed by atoms with Crippen molar-refractivity contribution in [1.82, 2.24) is 0 Å². The van der Waals surface area contributed by atoms with E-state index >= 15 is 0 Å². The highest BCUT2D eigenvalue weighted by Crippen LogP contribution is 2.61. The molecule has 0 aliphatic heterocycles. The van der Waals surface area contributed by atoms with Gasteiger partial charge in [-0.3, -0.25) is 0 Å². The summed E-state index contributed by atoms with van der Waals surface area (Å²) in [6.45, 7) is 10.1. The molecule has 11 unspecified atom stereocenters. The first-order valence-corrected chi connectivity index (χ1v) is 23.2. The summed E-state index contributed by atoms with van der Waals surface area (Å²) >= 11 is 0. The fourth-order valence-corrected chi connectivity index (χ4v) is 15.9. The summed E-state index contributed by atoms with van der Waals surface area (Å²) in [5.74, 6) is 14.4. The third-order valence-electron chi connectivity index (χ3n) is 18.6. The summed E-state index contributed by atoms with van der Waals surface area (Å²) in [4.78, 5) is 0. The zero-order valence-electron chi connectivity index (χ0n) is 32.8. The second-order valence-corrected chi connectivity index (χ2v) is 20.7. The molecule has 0 radical (unpaired) electrons.